The number of benzene rings is 1. The molecule has 0 saturated carbocycles. The lowest BCUT2D eigenvalue weighted by atomic mass is 9.99. The number of unbranched alkanes of at least 4 members (excludes halogenated alkanes) is 2. The predicted octanol–water partition coefficient (Wildman–Crippen LogP) is 5.54. The smallest absolute Gasteiger partial charge is 0.408 e. The normalized spacial score (nSPS) is 16.0. The topological polar surface area (TPSA) is 80.6 Å². The first-order valence-electron chi connectivity index (χ1n) is 11.1. The van der Waals surface area contributed by atoms with E-state index < -0.39 is 11.7 Å². The number of alkyl carbamates (subject to hydrolysis) is 1. The Morgan fingerprint density at radius 2 is 2.00 bits per heavy atom. The SMILES string of the molecule is CC(C)(CCCCCNC(=O)C1C=CC(F)=CC1)OC(=O)NCc1cc2ccccc2o1. The number of rotatable bonds is 10. The number of hydrogen-bond acceptors (Lipinski definition) is 4. The number of furan rings is 1. The van der Waals surface area contributed by atoms with Gasteiger partial charge in [-0.15, -0.1) is 0 Å². The molecule has 1 unspecified atom stereocenters. The quantitative estimate of drug-likeness (QED) is 0.473. The Labute approximate surface area is 187 Å². The number of allylic oxidation sites excluding steroid dienone is 3. The lowest BCUT2D eigenvalue weighted by molar-refractivity contribution is -0.123. The van der Waals surface area contributed by atoms with Crippen LogP contribution >= 0.6 is 0 Å². The lowest BCUT2D eigenvalue weighted by Crippen LogP contribution is -2.34. The fourth-order valence-electron chi connectivity index (χ4n) is 3.61. The second kappa shape index (κ2) is 11.0. The van der Waals surface area contributed by atoms with Gasteiger partial charge in [0, 0.05) is 11.9 Å². The standard InChI is InChI=1S/C25H31FN2O4/c1-25(2,14-6-3-7-15-27-23(29)18-10-12-20(26)13-11-18)32-24(30)28-17-21-16-19-8-4-5-9-22(19)31-21/h4-5,8-10,12-13,16,18H,3,6-7,11,14-15,17H2,1-2H3,(H,27,29)(H,28,30). The molecule has 1 aliphatic rings. The van der Waals surface area contributed by atoms with Crippen LogP contribution < -0.4 is 10.6 Å². The van der Waals surface area contributed by atoms with Crippen molar-refractivity contribution >= 4 is 23.0 Å². The Morgan fingerprint density at radius 1 is 1.19 bits per heavy atom. The summed E-state index contributed by atoms with van der Waals surface area (Å²) in [5.41, 5.74) is 0.194. The largest absolute Gasteiger partial charge is 0.459 e. The van der Waals surface area contributed by atoms with E-state index >= 15 is 0 Å². The number of nitrogens with one attached hydrogen (secondary N) is 2. The van der Waals surface area contributed by atoms with Crippen molar-refractivity contribution in [3.05, 3.63) is 60.1 Å². The Balaban J connectivity index is 1.28. The number of ether oxygens (including phenoxy) is 1. The van der Waals surface area contributed by atoms with Gasteiger partial charge in [-0.2, -0.15) is 0 Å². The van der Waals surface area contributed by atoms with Gasteiger partial charge in [0.05, 0.1) is 12.5 Å². The molecule has 1 aromatic carbocycles. The molecule has 1 aromatic heterocycles. The number of para-hydroxylation sites is 1. The molecule has 1 aliphatic carbocycles. The van der Waals surface area contributed by atoms with Gasteiger partial charge >= 0.3 is 6.09 Å². The summed E-state index contributed by atoms with van der Waals surface area (Å²) in [5, 5.41) is 6.63. The zero-order valence-electron chi connectivity index (χ0n) is 18.7. The first kappa shape index (κ1) is 23.6. The molecule has 6 nitrogen and oxygen atoms in total. The van der Waals surface area contributed by atoms with Crippen LogP contribution in [0.2, 0.25) is 0 Å². The highest BCUT2D eigenvalue weighted by molar-refractivity contribution is 5.81. The molecule has 0 radical (unpaired) electrons. The maximum atomic E-state index is 13.0. The summed E-state index contributed by atoms with van der Waals surface area (Å²) in [6.45, 7) is 4.62. The summed E-state index contributed by atoms with van der Waals surface area (Å²) in [7, 11) is 0. The van der Waals surface area contributed by atoms with Crippen LogP contribution in [-0.4, -0.2) is 24.1 Å². The Kier molecular flexibility index (Phi) is 8.09. The summed E-state index contributed by atoms with van der Waals surface area (Å²) >= 11 is 0. The van der Waals surface area contributed by atoms with Gasteiger partial charge in [0.25, 0.3) is 0 Å². The molecule has 32 heavy (non-hydrogen) atoms. The van der Waals surface area contributed by atoms with Crippen LogP contribution in [0.3, 0.4) is 0 Å². The molecular weight excluding hydrogens is 411 g/mol. The van der Waals surface area contributed by atoms with E-state index in [1.807, 2.05) is 44.2 Å². The minimum atomic E-state index is -0.593. The molecule has 2 aromatic rings. The Hall–Kier alpha value is -3.09. The second-order valence-electron chi connectivity index (χ2n) is 8.65. The van der Waals surface area contributed by atoms with Gasteiger partial charge < -0.3 is 19.8 Å². The molecule has 0 saturated heterocycles. The summed E-state index contributed by atoms with van der Waals surface area (Å²) in [4.78, 5) is 24.2. The van der Waals surface area contributed by atoms with E-state index in [9.17, 15) is 14.0 Å². The lowest BCUT2D eigenvalue weighted by Gasteiger charge is -2.25. The van der Waals surface area contributed by atoms with E-state index in [2.05, 4.69) is 10.6 Å². The maximum absolute atomic E-state index is 13.0. The first-order valence-corrected chi connectivity index (χ1v) is 11.1. The summed E-state index contributed by atoms with van der Waals surface area (Å²) in [6, 6.07) is 9.59. The van der Waals surface area contributed by atoms with Gasteiger partial charge in [0.1, 0.15) is 22.8 Å². The number of halogens is 1. The summed E-state index contributed by atoms with van der Waals surface area (Å²) in [6.07, 6.45) is 7.62. The molecule has 2 N–H and O–H groups in total. The van der Waals surface area contributed by atoms with Crippen molar-refractivity contribution in [3.63, 3.8) is 0 Å². The molecular formula is C25H31FN2O4. The van der Waals surface area contributed by atoms with Crippen molar-refractivity contribution in [1.29, 1.82) is 0 Å². The maximum Gasteiger partial charge on any atom is 0.408 e. The molecule has 0 bridgehead atoms. The average Bonchev–Trinajstić information content (AvgIpc) is 3.18. The van der Waals surface area contributed by atoms with Crippen molar-refractivity contribution < 1.29 is 23.1 Å². The van der Waals surface area contributed by atoms with Crippen LogP contribution in [0.15, 0.2) is 58.8 Å². The third-order valence-corrected chi connectivity index (χ3v) is 5.40. The van der Waals surface area contributed by atoms with E-state index in [-0.39, 0.29) is 24.2 Å². The molecule has 2 amide bonds. The number of amides is 2. The fraction of sp³-hybridized carbons (Fsp3) is 0.440. The molecule has 1 atom stereocenters. The van der Waals surface area contributed by atoms with Crippen LogP contribution in [-0.2, 0) is 16.1 Å². The van der Waals surface area contributed by atoms with E-state index in [0.29, 0.717) is 25.1 Å². The zero-order valence-corrected chi connectivity index (χ0v) is 18.7. The number of hydrogen-bond donors (Lipinski definition) is 2. The molecule has 172 valence electrons. The van der Waals surface area contributed by atoms with Crippen LogP contribution in [0.1, 0.15) is 51.7 Å². The zero-order chi connectivity index (χ0) is 23.0. The second-order valence-corrected chi connectivity index (χ2v) is 8.65. The van der Waals surface area contributed by atoms with Gasteiger partial charge in [0.15, 0.2) is 0 Å². The monoisotopic (exact) mass is 442 g/mol. The summed E-state index contributed by atoms with van der Waals surface area (Å²) < 4.78 is 24.2. The molecule has 0 aliphatic heterocycles. The predicted molar refractivity (Wildman–Crippen MR) is 122 cm³/mol. The van der Waals surface area contributed by atoms with Crippen molar-refractivity contribution in [2.45, 2.75) is 58.1 Å². The van der Waals surface area contributed by atoms with Crippen molar-refractivity contribution in [1.82, 2.24) is 10.6 Å². The van der Waals surface area contributed by atoms with E-state index in [0.717, 1.165) is 30.2 Å². The van der Waals surface area contributed by atoms with Crippen LogP contribution in [0.4, 0.5) is 9.18 Å². The number of carbonyl (C=O) groups excluding carboxylic acids is 2. The minimum absolute atomic E-state index is 0.0743. The van der Waals surface area contributed by atoms with Gasteiger partial charge in [-0.3, -0.25) is 4.79 Å². The van der Waals surface area contributed by atoms with Crippen molar-refractivity contribution in [3.8, 4) is 0 Å². The van der Waals surface area contributed by atoms with Crippen LogP contribution in [0, 0.1) is 5.92 Å². The molecule has 1 heterocycles. The van der Waals surface area contributed by atoms with Gasteiger partial charge in [-0.25, -0.2) is 9.18 Å². The van der Waals surface area contributed by atoms with Gasteiger partial charge in [-0.05, 0) is 63.8 Å². The van der Waals surface area contributed by atoms with Crippen molar-refractivity contribution in [2.75, 3.05) is 6.54 Å². The van der Waals surface area contributed by atoms with Gasteiger partial charge in [0.2, 0.25) is 5.91 Å². The third kappa shape index (κ3) is 7.25. The van der Waals surface area contributed by atoms with E-state index in [4.69, 9.17) is 9.15 Å². The summed E-state index contributed by atoms with van der Waals surface area (Å²) in [5.74, 6) is 0.0182. The molecule has 0 spiro atoms. The Bertz CT molecular complexity index is 960. The first-order chi connectivity index (χ1) is 15.3. The van der Waals surface area contributed by atoms with E-state index in [1.165, 1.54) is 12.2 Å². The Morgan fingerprint density at radius 3 is 2.75 bits per heavy atom. The van der Waals surface area contributed by atoms with Gasteiger partial charge in [-0.1, -0.05) is 30.7 Å². The number of fused-ring (bicyclic) bond motifs is 1. The minimum Gasteiger partial charge on any atom is -0.459 e. The number of carbonyl (C=O) groups is 2. The average molecular weight is 443 g/mol. The molecule has 0 fully saturated rings. The van der Waals surface area contributed by atoms with Crippen molar-refractivity contribution in [2.24, 2.45) is 5.92 Å². The molecule has 7 heteroatoms. The third-order valence-electron chi connectivity index (χ3n) is 5.40. The highest BCUT2D eigenvalue weighted by Gasteiger charge is 2.22. The van der Waals surface area contributed by atoms with E-state index in [1.54, 1.807) is 6.08 Å². The van der Waals surface area contributed by atoms with Crippen LogP contribution in [0.25, 0.3) is 11.0 Å². The van der Waals surface area contributed by atoms with Crippen LogP contribution in [0.5, 0.6) is 0 Å². The fourth-order valence-corrected chi connectivity index (χ4v) is 3.61. The highest BCUT2D eigenvalue weighted by Crippen LogP contribution is 2.21. The highest BCUT2D eigenvalue weighted by atomic mass is 19.1. The molecule has 3 rings (SSSR count).